The summed E-state index contributed by atoms with van der Waals surface area (Å²) < 4.78 is 0. The SMILES string of the molecule is CC(C)(C)N(C(=O)O)[C@@H]1CC[C@@H](O)C1. The van der Waals surface area contributed by atoms with Crippen molar-refractivity contribution in [2.45, 2.75) is 57.7 Å². The Hall–Kier alpha value is -0.770. The number of carboxylic acid groups (broad SMARTS) is 1. The van der Waals surface area contributed by atoms with E-state index in [4.69, 9.17) is 5.11 Å². The van der Waals surface area contributed by atoms with Crippen molar-refractivity contribution in [2.24, 2.45) is 0 Å². The number of nitrogens with zero attached hydrogens (tertiary/aromatic N) is 1. The Balaban J connectivity index is 2.74. The van der Waals surface area contributed by atoms with Gasteiger partial charge in [-0.3, -0.25) is 0 Å². The van der Waals surface area contributed by atoms with E-state index in [0.29, 0.717) is 12.8 Å². The molecule has 0 aromatic carbocycles. The maximum Gasteiger partial charge on any atom is 0.407 e. The average Bonchev–Trinajstić information content (AvgIpc) is 2.31. The van der Waals surface area contributed by atoms with Crippen LogP contribution in [-0.2, 0) is 0 Å². The Labute approximate surface area is 84.5 Å². The first-order valence-corrected chi connectivity index (χ1v) is 5.02. The maximum absolute atomic E-state index is 11.1. The summed E-state index contributed by atoms with van der Waals surface area (Å²) in [6.45, 7) is 5.64. The monoisotopic (exact) mass is 201 g/mol. The summed E-state index contributed by atoms with van der Waals surface area (Å²) in [6.07, 6.45) is 0.833. The molecule has 1 amide bonds. The summed E-state index contributed by atoms with van der Waals surface area (Å²) in [7, 11) is 0. The van der Waals surface area contributed by atoms with E-state index >= 15 is 0 Å². The zero-order valence-electron chi connectivity index (χ0n) is 9.03. The van der Waals surface area contributed by atoms with E-state index in [9.17, 15) is 9.90 Å². The number of rotatable bonds is 1. The molecule has 0 heterocycles. The van der Waals surface area contributed by atoms with Gasteiger partial charge in [0.15, 0.2) is 0 Å². The molecule has 4 nitrogen and oxygen atoms in total. The Morgan fingerprint density at radius 2 is 1.93 bits per heavy atom. The molecular weight excluding hydrogens is 182 g/mol. The Morgan fingerprint density at radius 3 is 2.21 bits per heavy atom. The number of amides is 1. The highest BCUT2D eigenvalue weighted by atomic mass is 16.4. The number of hydrogen-bond donors (Lipinski definition) is 2. The molecule has 0 bridgehead atoms. The molecular formula is C10H19NO3. The van der Waals surface area contributed by atoms with Gasteiger partial charge < -0.3 is 15.1 Å². The lowest BCUT2D eigenvalue weighted by molar-refractivity contribution is 0.0664. The van der Waals surface area contributed by atoms with E-state index < -0.39 is 6.09 Å². The third-order valence-electron chi connectivity index (χ3n) is 2.67. The van der Waals surface area contributed by atoms with Gasteiger partial charge in [0.25, 0.3) is 0 Å². The highest BCUT2D eigenvalue weighted by molar-refractivity contribution is 5.66. The zero-order chi connectivity index (χ0) is 10.9. The van der Waals surface area contributed by atoms with Gasteiger partial charge in [0.2, 0.25) is 0 Å². The summed E-state index contributed by atoms with van der Waals surface area (Å²) in [6, 6.07) is -0.0255. The van der Waals surface area contributed by atoms with Crippen LogP contribution in [0.25, 0.3) is 0 Å². The Kier molecular flexibility index (Phi) is 3.04. The van der Waals surface area contributed by atoms with Gasteiger partial charge in [0.05, 0.1) is 6.10 Å². The molecule has 1 aliphatic carbocycles. The molecule has 0 radical (unpaired) electrons. The van der Waals surface area contributed by atoms with Gasteiger partial charge in [0, 0.05) is 11.6 Å². The van der Waals surface area contributed by atoms with Crippen molar-refractivity contribution >= 4 is 6.09 Å². The van der Waals surface area contributed by atoms with Crippen LogP contribution < -0.4 is 0 Å². The van der Waals surface area contributed by atoms with Gasteiger partial charge in [-0.15, -0.1) is 0 Å². The smallest absolute Gasteiger partial charge is 0.407 e. The van der Waals surface area contributed by atoms with Crippen LogP contribution in [0.1, 0.15) is 40.0 Å². The normalized spacial score (nSPS) is 27.7. The number of carbonyl (C=O) groups is 1. The van der Waals surface area contributed by atoms with Crippen molar-refractivity contribution in [3.05, 3.63) is 0 Å². The van der Waals surface area contributed by atoms with E-state index in [0.717, 1.165) is 6.42 Å². The molecule has 2 atom stereocenters. The Morgan fingerprint density at radius 1 is 1.36 bits per heavy atom. The van der Waals surface area contributed by atoms with Gasteiger partial charge in [-0.25, -0.2) is 4.79 Å². The largest absolute Gasteiger partial charge is 0.465 e. The van der Waals surface area contributed by atoms with Crippen LogP contribution in [0.5, 0.6) is 0 Å². The second-order valence-corrected chi connectivity index (χ2v) is 4.94. The van der Waals surface area contributed by atoms with Crippen molar-refractivity contribution in [2.75, 3.05) is 0 Å². The molecule has 0 aliphatic heterocycles. The second-order valence-electron chi connectivity index (χ2n) is 4.94. The minimum absolute atomic E-state index is 0.0255. The molecule has 1 fully saturated rings. The standard InChI is InChI=1S/C10H19NO3/c1-10(2,3)11(9(13)14)7-4-5-8(12)6-7/h7-8,12H,4-6H2,1-3H3,(H,13,14)/t7-,8-/m1/s1. The molecule has 0 aromatic rings. The van der Waals surface area contributed by atoms with E-state index in [-0.39, 0.29) is 17.7 Å². The van der Waals surface area contributed by atoms with E-state index in [1.165, 1.54) is 4.90 Å². The van der Waals surface area contributed by atoms with Crippen molar-refractivity contribution in [3.63, 3.8) is 0 Å². The van der Waals surface area contributed by atoms with Gasteiger partial charge in [0.1, 0.15) is 0 Å². The topological polar surface area (TPSA) is 60.8 Å². The summed E-state index contributed by atoms with van der Waals surface area (Å²) in [5.74, 6) is 0. The molecule has 2 N–H and O–H groups in total. The molecule has 4 heteroatoms. The first-order valence-electron chi connectivity index (χ1n) is 5.02. The van der Waals surface area contributed by atoms with E-state index in [1.807, 2.05) is 20.8 Å². The van der Waals surface area contributed by atoms with Crippen LogP contribution in [0.2, 0.25) is 0 Å². The summed E-state index contributed by atoms with van der Waals surface area (Å²) >= 11 is 0. The molecule has 0 unspecified atom stereocenters. The molecule has 1 aliphatic rings. The minimum Gasteiger partial charge on any atom is -0.465 e. The van der Waals surface area contributed by atoms with Gasteiger partial charge in [-0.05, 0) is 40.0 Å². The molecule has 0 aromatic heterocycles. The molecule has 0 spiro atoms. The predicted octanol–water partition coefficient (Wildman–Crippen LogP) is 1.68. The number of aliphatic hydroxyl groups is 1. The molecule has 1 rings (SSSR count). The number of hydrogen-bond acceptors (Lipinski definition) is 2. The van der Waals surface area contributed by atoms with Crippen LogP contribution in [0.4, 0.5) is 4.79 Å². The summed E-state index contributed by atoms with van der Waals surface area (Å²) in [5.41, 5.74) is -0.388. The average molecular weight is 201 g/mol. The predicted molar refractivity (Wildman–Crippen MR) is 53.3 cm³/mol. The van der Waals surface area contributed by atoms with Crippen LogP contribution in [-0.4, -0.2) is 38.9 Å². The van der Waals surface area contributed by atoms with Crippen molar-refractivity contribution in [3.8, 4) is 0 Å². The van der Waals surface area contributed by atoms with Crippen LogP contribution in [0.15, 0.2) is 0 Å². The second kappa shape index (κ2) is 3.77. The van der Waals surface area contributed by atoms with Crippen molar-refractivity contribution in [1.29, 1.82) is 0 Å². The first-order chi connectivity index (χ1) is 6.32. The fourth-order valence-electron chi connectivity index (χ4n) is 2.16. The fraction of sp³-hybridized carbons (Fsp3) is 0.900. The molecule has 14 heavy (non-hydrogen) atoms. The van der Waals surface area contributed by atoms with Crippen molar-refractivity contribution < 1.29 is 15.0 Å². The molecule has 82 valence electrons. The van der Waals surface area contributed by atoms with Crippen LogP contribution >= 0.6 is 0 Å². The summed E-state index contributed by atoms with van der Waals surface area (Å²) in [4.78, 5) is 12.5. The summed E-state index contributed by atoms with van der Waals surface area (Å²) in [5, 5.41) is 18.5. The lowest BCUT2D eigenvalue weighted by Crippen LogP contribution is -2.50. The van der Waals surface area contributed by atoms with Crippen LogP contribution in [0, 0.1) is 0 Å². The van der Waals surface area contributed by atoms with E-state index in [1.54, 1.807) is 0 Å². The fourth-order valence-corrected chi connectivity index (χ4v) is 2.16. The molecule has 0 saturated heterocycles. The highest BCUT2D eigenvalue weighted by Crippen LogP contribution is 2.29. The third kappa shape index (κ3) is 2.38. The van der Waals surface area contributed by atoms with Gasteiger partial charge in [-0.2, -0.15) is 0 Å². The minimum atomic E-state index is -0.892. The Bertz CT molecular complexity index is 222. The quantitative estimate of drug-likeness (QED) is 0.678. The lowest BCUT2D eigenvalue weighted by Gasteiger charge is -2.38. The highest BCUT2D eigenvalue weighted by Gasteiger charge is 2.37. The lowest BCUT2D eigenvalue weighted by atomic mass is 10.0. The number of aliphatic hydroxyl groups excluding tert-OH is 1. The third-order valence-corrected chi connectivity index (χ3v) is 2.67. The first kappa shape index (κ1) is 11.3. The van der Waals surface area contributed by atoms with Crippen LogP contribution in [0.3, 0.4) is 0 Å². The van der Waals surface area contributed by atoms with Crippen molar-refractivity contribution in [1.82, 2.24) is 4.90 Å². The molecule has 1 saturated carbocycles. The van der Waals surface area contributed by atoms with Gasteiger partial charge >= 0.3 is 6.09 Å². The van der Waals surface area contributed by atoms with Gasteiger partial charge in [-0.1, -0.05) is 0 Å². The zero-order valence-corrected chi connectivity index (χ0v) is 9.03. The maximum atomic E-state index is 11.1. The van der Waals surface area contributed by atoms with E-state index in [2.05, 4.69) is 0 Å².